The van der Waals surface area contributed by atoms with Gasteiger partial charge in [0, 0.05) is 6.54 Å². The average Bonchev–Trinajstić information content (AvgIpc) is 2.34. The topological polar surface area (TPSA) is 47.3 Å². The Morgan fingerprint density at radius 1 is 1.26 bits per heavy atom. The molecule has 3 nitrogen and oxygen atoms in total. The quantitative estimate of drug-likeness (QED) is 0.857. The monoisotopic (exact) mass is 262 g/mol. The van der Waals surface area contributed by atoms with Crippen molar-refractivity contribution in [1.29, 1.82) is 0 Å². The summed E-state index contributed by atoms with van der Waals surface area (Å²) >= 11 is 0. The highest BCUT2D eigenvalue weighted by Gasteiger charge is 2.35. The van der Waals surface area contributed by atoms with E-state index in [9.17, 15) is 0 Å². The van der Waals surface area contributed by atoms with Gasteiger partial charge in [0.1, 0.15) is 5.75 Å². The van der Waals surface area contributed by atoms with Gasteiger partial charge in [-0.1, -0.05) is 12.5 Å². The Morgan fingerprint density at radius 2 is 1.95 bits per heavy atom. The van der Waals surface area contributed by atoms with Gasteiger partial charge in [-0.2, -0.15) is 0 Å². The van der Waals surface area contributed by atoms with Crippen LogP contribution in [-0.4, -0.2) is 20.2 Å². The van der Waals surface area contributed by atoms with Crippen LogP contribution in [0.25, 0.3) is 0 Å². The van der Waals surface area contributed by atoms with Crippen molar-refractivity contribution in [2.45, 2.75) is 40.0 Å². The number of methoxy groups -OCH3 is 1. The van der Waals surface area contributed by atoms with E-state index in [0.29, 0.717) is 5.41 Å². The number of anilines is 1. The summed E-state index contributed by atoms with van der Waals surface area (Å²) in [6, 6.07) is 2.22. The molecular weight excluding hydrogens is 236 g/mol. The van der Waals surface area contributed by atoms with E-state index >= 15 is 0 Å². The van der Waals surface area contributed by atoms with Crippen LogP contribution in [0.1, 0.15) is 36.0 Å². The molecule has 1 aromatic rings. The highest BCUT2D eigenvalue weighted by molar-refractivity contribution is 5.66. The number of benzene rings is 1. The average molecular weight is 262 g/mol. The van der Waals surface area contributed by atoms with E-state index < -0.39 is 0 Å². The summed E-state index contributed by atoms with van der Waals surface area (Å²) in [4.78, 5) is 0. The summed E-state index contributed by atoms with van der Waals surface area (Å²) in [5.41, 5.74) is 11.1. The van der Waals surface area contributed by atoms with Gasteiger partial charge in [0.2, 0.25) is 0 Å². The third-order valence-corrected chi connectivity index (χ3v) is 4.68. The number of nitrogens with two attached hydrogens (primary N) is 1. The van der Waals surface area contributed by atoms with E-state index in [-0.39, 0.29) is 0 Å². The number of ether oxygens (including phenoxy) is 1. The van der Waals surface area contributed by atoms with Crippen molar-refractivity contribution in [3.05, 3.63) is 22.8 Å². The number of rotatable bonds is 5. The molecule has 0 radical (unpaired) electrons. The summed E-state index contributed by atoms with van der Waals surface area (Å²) in [5.74, 6) is 0.976. The van der Waals surface area contributed by atoms with E-state index in [1.807, 2.05) is 0 Å². The van der Waals surface area contributed by atoms with Crippen molar-refractivity contribution >= 4 is 5.69 Å². The highest BCUT2D eigenvalue weighted by atomic mass is 16.5. The van der Waals surface area contributed by atoms with E-state index in [0.717, 1.165) is 24.5 Å². The molecule has 3 heteroatoms. The van der Waals surface area contributed by atoms with Gasteiger partial charge in [0.25, 0.3) is 0 Å². The minimum atomic E-state index is 0.302. The van der Waals surface area contributed by atoms with Gasteiger partial charge in [-0.25, -0.2) is 0 Å². The van der Waals surface area contributed by atoms with Crippen molar-refractivity contribution < 1.29 is 4.74 Å². The van der Waals surface area contributed by atoms with Crippen molar-refractivity contribution in [1.82, 2.24) is 0 Å². The maximum atomic E-state index is 5.92. The van der Waals surface area contributed by atoms with Crippen LogP contribution >= 0.6 is 0 Å². The molecule has 0 atom stereocenters. The molecule has 0 heterocycles. The summed E-state index contributed by atoms with van der Waals surface area (Å²) in [6.45, 7) is 8.09. The molecule has 0 aliphatic heterocycles. The van der Waals surface area contributed by atoms with Crippen LogP contribution < -0.4 is 15.8 Å². The second kappa shape index (κ2) is 5.41. The standard InChI is InChI=1S/C16H26N2O/c1-11-8-12(2)14(15(19-4)13(11)3)18-10-16(9-17)6-5-7-16/h8,18H,5-7,9-10,17H2,1-4H3. The predicted molar refractivity (Wildman–Crippen MR) is 81.0 cm³/mol. The molecule has 1 aromatic carbocycles. The van der Waals surface area contributed by atoms with Crippen molar-refractivity contribution in [2.75, 3.05) is 25.5 Å². The molecule has 0 bridgehead atoms. The molecular formula is C16H26N2O. The Hall–Kier alpha value is -1.22. The second-order valence-electron chi connectivity index (χ2n) is 5.95. The minimum absolute atomic E-state index is 0.302. The summed E-state index contributed by atoms with van der Waals surface area (Å²) < 4.78 is 5.59. The molecule has 1 saturated carbocycles. The molecule has 0 saturated heterocycles. The predicted octanol–water partition coefficient (Wildman–Crippen LogP) is 3.16. The second-order valence-corrected chi connectivity index (χ2v) is 5.95. The van der Waals surface area contributed by atoms with Gasteiger partial charge in [0.05, 0.1) is 12.8 Å². The molecule has 0 unspecified atom stereocenters. The zero-order valence-corrected chi connectivity index (χ0v) is 12.6. The molecule has 1 aliphatic carbocycles. The molecule has 0 aromatic heterocycles. The fourth-order valence-corrected chi connectivity index (χ4v) is 2.93. The van der Waals surface area contributed by atoms with Crippen LogP contribution in [0.15, 0.2) is 6.07 Å². The van der Waals surface area contributed by atoms with Crippen molar-refractivity contribution in [3.63, 3.8) is 0 Å². The Labute approximate surface area is 116 Å². The van der Waals surface area contributed by atoms with Crippen molar-refractivity contribution in [3.8, 4) is 5.75 Å². The molecule has 3 N–H and O–H groups in total. The molecule has 0 spiro atoms. The lowest BCUT2D eigenvalue weighted by molar-refractivity contribution is 0.163. The Kier molecular flexibility index (Phi) is 4.04. The highest BCUT2D eigenvalue weighted by Crippen LogP contribution is 2.41. The van der Waals surface area contributed by atoms with Gasteiger partial charge in [0.15, 0.2) is 0 Å². The lowest BCUT2D eigenvalue weighted by Crippen LogP contribution is -2.43. The first kappa shape index (κ1) is 14.2. The van der Waals surface area contributed by atoms with Crippen LogP contribution in [0.4, 0.5) is 5.69 Å². The molecule has 1 fully saturated rings. The number of hydrogen-bond acceptors (Lipinski definition) is 3. The van der Waals surface area contributed by atoms with Gasteiger partial charge >= 0.3 is 0 Å². The number of nitrogens with one attached hydrogen (secondary N) is 1. The zero-order valence-electron chi connectivity index (χ0n) is 12.6. The molecule has 19 heavy (non-hydrogen) atoms. The lowest BCUT2D eigenvalue weighted by atomic mass is 9.69. The first-order chi connectivity index (χ1) is 9.03. The fourth-order valence-electron chi connectivity index (χ4n) is 2.93. The summed E-state index contributed by atoms with van der Waals surface area (Å²) in [6.07, 6.45) is 3.79. The zero-order chi connectivity index (χ0) is 14.0. The van der Waals surface area contributed by atoms with E-state index in [1.54, 1.807) is 7.11 Å². The lowest BCUT2D eigenvalue weighted by Gasteiger charge is -2.41. The van der Waals surface area contributed by atoms with Crippen LogP contribution in [0.2, 0.25) is 0 Å². The van der Waals surface area contributed by atoms with Crippen LogP contribution in [-0.2, 0) is 0 Å². The smallest absolute Gasteiger partial charge is 0.145 e. The molecule has 0 amide bonds. The maximum Gasteiger partial charge on any atom is 0.145 e. The Balaban J connectivity index is 2.22. The first-order valence-electron chi connectivity index (χ1n) is 7.12. The van der Waals surface area contributed by atoms with Crippen LogP contribution in [0.3, 0.4) is 0 Å². The van der Waals surface area contributed by atoms with Crippen molar-refractivity contribution in [2.24, 2.45) is 11.1 Å². The van der Waals surface area contributed by atoms with Crippen LogP contribution in [0, 0.1) is 26.2 Å². The maximum absolute atomic E-state index is 5.92. The summed E-state index contributed by atoms with van der Waals surface area (Å²) in [7, 11) is 1.74. The third-order valence-electron chi connectivity index (χ3n) is 4.68. The van der Waals surface area contributed by atoms with Gasteiger partial charge in [-0.05, 0) is 62.3 Å². The fraction of sp³-hybridized carbons (Fsp3) is 0.625. The Bertz CT molecular complexity index is 459. The van der Waals surface area contributed by atoms with Crippen LogP contribution in [0.5, 0.6) is 5.75 Å². The van der Waals surface area contributed by atoms with Gasteiger partial charge in [-0.15, -0.1) is 0 Å². The minimum Gasteiger partial charge on any atom is -0.494 e. The SMILES string of the molecule is COc1c(C)c(C)cc(C)c1NCC1(CN)CCC1. The van der Waals surface area contributed by atoms with E-state index in [1.165, 1.54) is 36.0 Å². The summed E-state index contributed by atoms with van der Waals surface area (Å²) in [5, 5.41) is 3.59. The number of aryl methyl sites for hydroxylation is 2. The third kappa shape index (κ3) is 2.57. The molecule has 1 aliphatic rings. The van der Waals surface area contributed by atoms with E-state index in [4.69, 9.17) is 10.5 Å². The Morgan fingerprint density at radius 3 is 2.42 bits per heavy atom. The molecule has 2 rings (SSSR count). The normalized spacial score (nSPS) is 16.9. The number of hydrogen-bond donors (Lipinski definition) is 2. The van der Waals surface area contributed by atoms with Gasteiger partial charge < -0.3 is 15.8 Å². The van der Waals surface area contributed by atoms with E-state index in [2.05, 4.69) is 32.2 Å². The largest absolute Gasteiger partial charge is 0.494 e. The van der Waals surface area contributed by atoms with Gasteiger partial charge in [-0.3, -0.25) is 0 Å². The molecule has 106 valence electrons. The first-order valence-corrected chi connectivity index (χ1v) is 7.12.